The van der Waals surface area contributed by atoms with Crippen molar-refractivity contribution < 1.29 is 19.6 Å². The first kappa shape index (κ1) is 14.3. The van der Waals surface area contributed by atoms with Crippen LogP contribution in [0.3, 0.4) is 0 Å². The van der Waals surface area contributed by atoms with Gasteiger partial charge in [-0.25, -0.2) is 4.89 Å². The minimum Gasteiger partial charge on any atom is -0.508 e. The zero-order chi connectivity index (χ0) is 15.6. The van der Waals surface area contributed by atoms with E-state index in [-0.39, 0.29) is 11.9 Å². The summed E-state index contributed by atoms with van der Waals surface area (Å²) in [6.07, 6.45) is 6.76. The average molecular weight is 316 g/mol. The Kier molecular flexibility index (Phi) is 3.07. The van der Waals surface area contributed by atoms with Gasteiger partial charge in [0.1, 0.15) is 5.75 Å². The first-order valence-electron chi connectivity index (χ1n) is 8.88. The molecule has 6 rings (SSSR count). The quantitative estimate of drug-likeness (QED) is 0.866. The fourth-order valence-electron chi connectivity index (χ4n) is 6.17. The molecule has 5 fully saturated rings. The molecule has 2 atom stereocenters. The highest BCUT2D eigenvalue weighted by molar-refractivity contribution is 5.32. The molecular weight excluding hydrogens is 292 g/mol. The van der Waals surface area contributed by atoms with Crippen LogP contribution in [0.2, 0.25) is 0 Å². The summed E-state index contributed by atoms with van der Waals surface area (Å²) in [6, 6.07) is 7.19. The number of hydrogen-bond donors (Lipinski definition) is 1. The van der Waals surface area contributed by atoms with Crippen LogP contribution >= 0.6 is 0 Å². The van der Waals surface area contributed by atoms with Gasteiger partial charge in [-0.15, -0.1) is 0 Å². The smallest absolute Gasteiger partial charge is 0.257 e. The Morgan fingerprint density at radius 3 is 2.30 bits per heavy atom. The van der Waals surface area contributed by atoms with E-state index in [9.17, 15) is 5.11 Å². The van der Waals surface area contributed by atoms with Crippen LogP contribution in [0.4, 0.5) is 0 Å². The van der Waals surface area contributed by atoms with E-state index < -0.39 is 5.79 Å². The molecule has 1 N–H and O–H groups in total. The van der Waals surface area contributed by atoms with Crippen LogP contribution in [0.1, 0.15) is 37.7 Å². The van der Waals surface area contributed by atoms with Crippen LogP contribution < -0.4 is 0 Å². The standard InChI is InChI=1S/C19H24O4/c1-21-19(15-3-2-4-16(20)10-15)18(22-23-19)17-13-6-11-5-12(8-13)9-14(17)7-11/h2-4,10-14,17-18,20H,5-9H2,1H3. The summed E-state index contributed by atoms with van der Waals surface area (Å²) in [5.41, 5.74) is 0.852. The minimum atomic E-state index is -0.862. The van der Waals surface area contributed by atoms with Gasteiger partial charge in [-0.1, -0.05) is 12.1 Å². The van der Waals surface area contributed by atoms with Crippen LogP contribution in [0, 0.1) is 29.6 Å². The molecule has 23 heavy (non-hydrogen) atoms. The molecule has 1 heterocycles. The first-order valence-corrected chi connectivity index (χ1v) is 8.88. The fraction of sp³-hybridized carbons (Fsp3) is 0.684. The van der Waals surface area contributed by atoms with Crippen LogP contribution in [0.15, 0.2) is 24.3 Å². The molecule has 1 aromatic rings. The molecule has 4 saturated carbocycles. The summed E-state index contributed by atoms with van der Waals surface area (Å²) in [5.74, 6) is 3.25. The Bertz CT molecular complexity index is 583. The zero-order valence-electron chi connectivity index (χ0n) is 13.5. The zero-order valence-corrected chi connectivity index (χ0v) is 13.5. The Hall–Kier alpha value is -1.10. The number of rotatable bonds is 3. The Morgan fingerprint density at radius 2 is 1.78 bits per heavy atom. The van der Waals surface area contributed by atoms with Crippen molar-refractivity contribution in [3.63, 3.8) is 0 Å². The van der Waals surface area contributed by atoms with E-state index >= 15 is 0 Å². The number of aromatic hydroxyl groups is 1. The predicted molar refractivity (Wildman–Crippen MR) is 83.3 cm³/mol. The van der Waals surface area contributed by atoms with Crippen molar-refractivity contribution in [3.05, 3.63) is 29.8 Å². The number of phenols is 1. The molecule has 0 radical (unpaired) electrons. The van der Waals surface area contributed by atoms with Crippen molar-refractivity contribution in [1.82, 2.24) is 0 Å². The summed E-state index contributed by atoms with van der Waals surface area (Å²) in [6.45, 7) is 0. The first-order chi connectivity index (χ1) is 11.2. The molecule has 1 saturated heterocycles. The summed E-state index contributed by atoms with van der Waals surface area (Å²) in [5, 5.41) is 9.84. The van der Waals surface area contributed by atoms with Crippen LogP contribution in [-0.4, -0.2) is 18.3 Å². The van der Waals surface area contributed by atoms with Gasteiger partial charge in [0.25, 0.3) is 5.79 Å². The number of ether oxygens (including phenoxy) is 1. The molecule has 0 aromatic heterocycles. The van der Waals surface area contributed by atoms with Crippen molar-refractivity contribution in [2.75, 3.05) is 7.11 Å². The summed E-state index contributed by atoms with van der Waals surface area (Å²) < 4.78 is 5.83. The van der Waals surface area contributed by atoms with Crippen LogP contribution in [-0.2, 0) is 20.3 Å². The van der Waals surface area contributed by atoms with Gasteiger partial charge >= 0.3 is 0 Å². The maximum Gasteiger partial charge on any atom is 0.257 e. The number of phenolic OH excluding ortho intramolecular Hbond substituents is 1. The molecule has 5 aliphatic rings. The summed E-state index contributed by atoms with van der Waals surface area (Å²) in [7, 11) is 1.68. The molecule has 4 bridgehead atoms. The van der Waals surface area contributed by atoms with Crippen molar-refractivity contribution in [1.29, 1.82) is 0 Å². The molecule has 124 valence electrons. The molecule has 4 aliphatic carbocycles. The highest BCUT2D eigenvalue weighted by Gasteiger charge is 2.63. The molecule has 0 amide bonds. The van der Waals surface area contributed by atoms with Crippen LogP contribution in [0.25, 0.3) is 0 Å². The van der Waals surface area contributed by atoms with Crippen LogP contribution in [0.5, 0.6) is 5.75 Å². The van der Waals surface area contributed by atoms with Gasteiger partial charge in [-0.3, -0.25) is 0 Å². The summed E-state index contributed by atoms with van der Waals surface area (Å²) in [4.78, 5) is 11.2. The van der Waals surface area contributed by atoms with Gasteiger partial charge in [0.05, 0.1) is 0 Å². The second-order valence-electron chi connectivity index (χ2n) is 8.03. The van der Waals surface area contributed by atoms with E-state index in [4.69, 9.17) is 14.5 Å². The average Bonchev–Trinajstić information content (AvgIpc) is 2.50. The lowest BCUT2D eigenvalue weighted by molar-refractivity contribution is -0.592. The van der Waals surface area contributed by atoms with E-state index in [1.54, 1.807) is 19.2 Å². The maximum atomic E-state index is 9.84. The normalized spacial score (nSPS) is 47.5. The lowest BCUT2D eigenvalue weighted by Crippen LogP contribution is -2.63. The predicted octanol–water partition coefficient (Wildman–Crippen LogP) is 3.59. The van der Waals surface area contributed by atoms with E-state index in [2.05, 4.69) is 0 Å². The lowest BCUT2D eigenvalue weighted by Gasteiger charge is -2.60. The monoisotopic (exact) mass is 316 g/mol. The van der Waals surface area contributed by atoms with Gasteiger partial charge in [0.15, 0.2) is 6.10 Å². The van der Waals surface area contributed by atoms with Crippen molar-refractivity contribution in [2.45, 2.75) is 44.0 Å². The van der Waals surface area contributed by atoms with Gasteiger partial charge in [-0.05, 0) is 73.8 Å². The molecule has 2 unspecified atom stereocenters. The Labute approximate surface area is 136 Å². The minimum absolute atomic E-state index is 0.0655. The number of methoxy groups -OCH3 is 1. The molecular formula is C19H24O4. The third-order valence-electron chi connectivity index (χ3n) is 6.85. The van der Waals surface area contributed by atoms with Gasteiger partial charge in [0.2, 0.25) is 0 Å². The van der Waals surface area contributed by atoms with E-state index in [0.29, 0.717) is 5.92 Å². The molecule has 4 heteroatoms. The third-order valence-corrected chi connectivity index (χ3v) is 6.85. The van der Waals surface area contributed by atoms with Crippen molar-refractivity contribution >= 4 is 0 Å². The Balaban J connectivity index is 1.48. The fourth-order valence-corrected chi connectivity index (χ4v) is 6.17. The second kappa shape index (κ2) is 4.95. The molecule has 1 aliphatic heterocycles. The highest BCUT2D eigenvalue weighted by Crippen LogP contribution is 2.61. The highest BCUT2D eigenvalue weighted by atomic mass is 17.3. The lowest BCUT2D eigenvalue weighted by atomic mass is 9.50. The second-order valence-corrected chi connectivity index (χ2v) is 8.03. The maximum absolute atomic E-state index is 9.84. The van der Waals surface area contributed by atoms with Crippen molar-refractivity contribution in [2.24, 2.45) is 29.6 Å². The van der Waals surface area contributed by atoms with Gasteiger partial charge in [-0.2, -0.15) is 4.89 Å². The van der Waals surface area contributed by atoms with Gasteiger partial charge < -0.3 is 9.84 Å². The largest absolute Gasteiger partial charge is 0.508 e. The summed E-state index contributed by atoms with van der Waals surface area (Å²) >= 11 is 0. The number of hydrogen-bond acceptors (Lipinski definition) is 4. The molecule has 4 nitrogen and oxygen atoms in total. The topological polar surface area (TPSA) is 47.9 Å². The third kappa shape index (κ3) is 1.95. The van der Waals surface area contributed by atoms with E-state index in [1.165, 1.54) is 32.1 Å². The van der Waals surface area contributed by atoms with Crippen molar-refractivity contribution in [3.8, 4) is 5.75 Å². The van der Waals surface area contributed by atoms with Gasteiger partial charge in [0, 0.05) is 12.7 Å². The number of benzene rings is 1. The Morgan fingerprint density at radius 1 is 1.09 bits per heavy atom. The SMILES string of the molecule is COC1(c2cccc(O)c2)OOC1C1C2CC3CC(C2)CC1C3. The molecule has 0 spiro atoms. The molecule has 1 aromatic carbocycles. The van der Waals surface area contributed by atoms with E-state index in [0.717, 1.165) is 29.2 Å². The van der Waals surface area contributed by atoms with E-state index in [1.807, 2.05) is 12.1 Å².